The van der Waals surface area contributed by atoms with Crippen molar-refractivity contribution < 1.29 is 14.3 Å². The Morgan fingerprint density at radius 1 is 1.21 bits per heavy atom. The molecule has 0 atom stereocenters. The van der Waals surface area contributed by atoms with E-state index in [2.05, 4.69) is 5.32 Å². The molecule has 0 radical (unpaired) electrons. The van der Waals surface area contributed by atoms with Crippen LogP contribution in [0.15, 0.2) is 48.5 Å². The smallest absolute Gasteiger partial charge is 0.238 e. The number of carbonyl (C=O) groups excluding carboxylic acids is 2. The monoisotopic (exact) mass is 395 g/mol. The van der Waals surface area contributed by atoms with E-state index in [0.29, 0.717) is 25.3 Å². The fraction of sp³-hybridized carbons (Fsp3) is 0.391. The predicted octanol–water partition coefficient (Wildman–Crippen LogP) is 3.46. The molecule has 6 heteroatoms. The normalized spacial score (nSPS) is 13.8. The van der Waals surface area contributed by atoms with E-state index in [0.717, 1.165) is 42.9 Å². The molecular weight excluding hydrogens is 366 g/mol. The van der Waals surface area contributed by atoms with E-state index in [1.54, 1.807) is 4.90 Å². The average Bonchev–Trinajstić information content (AvgIpc) is 3.12. The van der Waals surface area contributed by atoms with Gasteiger partial charge in [0.1, 0.15) is 5.75 Å². The summed E-state index contributed by atoms with van der Waals surface area (Å²) >= 11 is 0. The molecule has 3 rings (SSSR count). The first kappa shape index (κ1) is 20.9. The van der Waals surface area contributed by atoms with Crippen molar-refractivity contribution in [2.45, 2.75) is 26.2 Å². The van der Waals surface area contributed by atoms with Gasteiger partial charge in [-0.1, -0.05) is 24.3 Å². The van der Waals surface area contributed by atoms with Crippen LogP contribution in [0, 0.1) is 6.92 Å². The van der Waals surface area contributed by atoms with Gasteiger partial charge in [-0.2, -0.15) is 0 Å². The van der Waals surface area contributed by atoms with Crippen molar-refractivity contribution in [1.82, 2.24) is 4.90 Å². The Hall–Kier alpha value is -2.86. The second-order valence-corrected chi connectivity index (χ2v) is 7.45. The van der Waals surface area contributed by atoms with Gasteiger partial charge in [-0.3, -0.25) is 14.5 Å². The maximum absolute atomic E-state index is 12.4. The zero-order chi connectivity index (χ0) is 20.6. The summed E-state index contributed by atoms with van der Waals surface area (Å²) in [5.74, 6) is 0.975. The van der Waals surface area contributed by atoms with Gasteiger partial charge in [0.2, 0.25) is 11.8 Å². The van der Waals surface area contributed by atoms with Crippen molar-refractivity contribution >= 4 is 23.2 Å². The standard InChI is InChI=1S/C23H29N3O3/c1-18-8-3-4-11-21(18)29-15-7-13-25(2)17-22(27)24-19-9-5-10-20(16-19)26-14-6-12-23(26)28/h3-5,8-11,16H,6-7,12-15,17H2,1-2H3,(H,24,27). The Kier molecular flexibility index (Phi) is 7.25. The fourth-order valence-corrected chi connectivity index (χ4v) is 3.43. The van der Waals surface area contributed by atoms with Gasteiger partial charge >= 0.3 is 0 Å². The minimum Gasteiger partial charge on any atom is -0.493 e. The lowest BCUT2D eigenvalue weighted by atomic mass is 10.2. The van der Waals surface area contributed by atoms with Crippen LogP contribution in [-0.2, 0) is 9.59 Å². The van der Waals surface area contributed by atoms with E-state index in [-0.39, 0.29) is 11.8 Å². The van der Waals surface area contributed by atoms with E-state index < -0.39 is 0 Å². The van der Waals surface area contributed by atoms with Gasteiger partial charge in [-0.25, -0.2) is 0 Å². The van der Waals surface area contributed by atoms with Gasteiger partial charge in [0.25, 0.3) is 0 Å². The number of rotatable bonds is 9. The van der Waals surface area contributed by atoms with Gasteiger partial charge in [0, 0.05) is 30.9 Å². The number of hydrogen-bond acceptors (Lipinski definition) is 4. The van der Waals surface area contributed by atoms with Gasteiger partial charge in [-0.05, 0) is 56.6 Å². The first-order chi connectivity index (χ1) is 14.0. The third-order valence-corrected chi connectivity index (χ3v) is 4.96. The molecule has 1 fully saturated rings. The van der Waals surface area contributed by atoms with E-state index >= 15 is 0 Å². The van der Waals surface area contributed by atoms with Crippen LogP contribution in [0.2, 0.25) is 0 Å². The Morgan fingerprint density at radius 3 is 2.79 bits per heavy atom. The van der Waals surface area contributed by atoms with Crippen LogP contribution >= 0.6 is 0 Å². The molecular formula is C23H29N3O3. The summed E-state index contributed by atoms with van der Waals surface area (Å²) in [4.78, 5) is 28.0. The molecule has 2 aromatic carbocycles. The van der Waals surface area contributed by atoms with Gasteiger partial charge in [0.15, 0.2) is 0 Å². The number of amides is 2. The van der Waals surface area contributed by atoms with Crippen molar-refractivity contribution in [3.63, 3.8) is 0 Å². The molecule has 1 aliphatic heterocycles. The van der Waals surface area contributed by atoms with Crippen molar-refractivity contribution in [1.29, 1.82) is 0 Å². The Bertz CT molecular complexity index is 853. The molecule has 0 aliphatic carbocycles. The Morgan fingerprint density at radius 2 is 2.03 bits per heavy atom. The van der Waals surface area contributed by atoms with Crippen LogP contribution in [0.4, 0.5) is 11.4 Å². The minimum atomic E-state index is -0.0720. The first-order valence-corrected chi connectivity index (χ1v) is 10.1. The number of likely N-dealkylation sites (N-methyl/N-ethyl adjacent to an activating group) is 1. The SMILES string of the molecule is Cc1ccccc1OCCCN(C)CC(=O)Nc1cccc(N2CCCC2=O)c1. The highest BCUT2D eigenvalue weighted by molar-refractivity contribution is 5.97. The number of nitrogens with zero attached hydrogens (tertiary/aromatic N) is 2. The predicted molar refractivity (Wildman–Crippen MR) is 115 cm³/mol. The molecule has 0 unspecified atom stereocenters. The second-order valence-electron chi connectivity index (χ2n) is 7.45. The zero-order valence-corrected chi connectivity index (χ0v) is 17.2. The number of ether oxygens (including phenoxy) is 1. The number of nitrogens with one attached hydrogen (secondary N) is 1. The molecule has 1 saturated heterocycles. The molecule has 0 spiro atoms. The third-order valence-electron chi connectivity index (χ3n) is 4.96. The average molecular weight is 396 g/mol. The Labute approximate surface area is 172 Å². The van der Waals surface area contributed by atoms with E-state index in [4.69, 9.17) is 4.74 Å². The summed E-state index contributed by atoms with van der Waals surface area (Å²) in [5.41, 5.74) is 2.67. The number of benzene rings is 2. The molecule has 1 heterocycles. The van der Waals surface area contributed by atoms with E-state index in [1.165, 1.54) is 0 Å². The summed E-state index contributed by atoms with van der Waals surface area (Å²) in [6.45, 7) is 4.45. The number of carbonyl (C=O) groups is 2. The van der Waals surface area contributed by atoms with Gasteiger partial charge < -0.3 is 15.0 Å². The highest BCUT2D eigenvalue weighted by Crippen LogP contribution is 2.24. The lowest BCUT2D eigenvalue weighted by Gasteiger charge is -2.18. The highest BCUT2D eigenvalue weighted by atomic mass is 16.5. The van der Waals surface area contributed by atoms with Crippen molar-refractivity contribution in [2.75, 3.05) is 43.5 Å². The maximum atomic E-state index is 12.4. The summed E-state index contributed by atoms with van der Waals surface area (Å²) in [7, 11) is 1.92. The molecule has 1 aliphatic rings. The molecule has 1 N–H and O–H groups in total. The van der Waals surface area contributed by atoms with Crippen molar-refractivity contribution in [2.24, 2.45) is 0 Å². The summed E-state index contributed by atoms with van der Waals surface area (Å²) in [5, 5.41) is 2.93. The van der Waals surface area contributed by atoms with E-state index in [1.807, 2.05) is 67.4 Å². The number of hydrogen-bond donors (Lipinski definition) is 1. The molecule has 0 bridgehead atoms. The van der Waals surface area contributed by atoms with Crippen molar-refractivity contribution in [3.8, 4) is 5.75 Å². The molecule has 154 valence electrons. The van der Waals surface area contributed by atoms with E-state index in [9.17, 15) is 9.59 Å². The molecule has 2 aromatic rings. The summed E-state index contributed by atoms with van der Waals surface area (Å²) in [6.07, 6.45) is 2.31. The lowest BCUT2D eigenvalue weighted by Crippen LogP contribution is -2.31. The summed E-state index contributed by atoms with van der Waals surface area (Å²) in [6, 6.07) is 15.4. The van der Waals surface area contributed by atoms with Crippen LogP contribution < -0.4 is 15.0 Å². The quantitative estimate of drug-likeness (QED) is 0.661. The molecule has 6 nitrogen and oxygen atoms in total. The molecule has 0 aromatic heterocycles. The lowest BCUT2D eigenvalue weighted by molar-refractivity contribution is -0.117. The van der Waals surface area contributed by atoms with Gasteiger partial charge in [-0.15, -0.1) is 0 Å². The Balaban J connectivity index is 1.41. The van der Waals surface area contributed by atoms with Gasteiger partial charge in [0.05, 0.1) is 13.2 Å². The van der Waals surface area contributed by atoms with Crippen LogP contribution in [-0.4, -0.2) is 50.0 Å². The number of anilines is 2. The zero-order valence-electron chi connectivity index (χ0n) is 17.2. The number of aryl methyl sites for hydroxylation is 1. The molecule has 29 heavy (non-hydrogen) atoms. The molecule has 2 amide bonds. The third kappa shape index (κ3) is 6.06. The van der Waals surface area contributed by atoms with Crippen LogP contribution in [0.25, 0.3) is 0 Å². The van der Waals surface area contributed by atoms with Crippen LogP contribution in [0.5, 0.6) is 5.75 Å². The number of para-hydroxylation sites is 1. The largest absolute Gasteiger partial charge is 0.493 e. The molecule has 0 saturated carbocycles. The first-order valence-electron chi connectivity index (χ1n) is 10.1. The fourth-order valence-electron chi connectivity index (χ4n) is 3.43. The second kappa shape index (κ2) is 10.1. The highest BCUT2D eigenvalue weighted by Gasteiger charge is 2.21. The topological polar surface area (TPSA) is 61.9 Å². The van der Waals surface area contributed by atoms with Crippen LogP contribution in [0.3, 0.4) is 0 Å². The summed E-state index contributed by atoms with van der Waals surface area (Å²) < 4.78 is 5.80. The van der Waals surface area contributed by atoms with Crippen LogP contribution in [0.1, 0.15) is 24.8 Å². The minimum absolute atomic E-state index is 0.0720. The van der Waals surface area contributed by atoms with Crippen molar-refractivity contribution in [3.05, 3.63) is 54.1 Å². The maximum Gasteiger partial charge on any atom is 0.238 e.